The zero-order valence-electron chi connectivity index (χ0n) is 8.79. The summed E-state index contributed by atoms with van der Waals surface area (Å²) in [4.78, 5) is 0. The van der Waals surface area contributed by atoms with Gasteiger partial charge in [0.1, 0.15) is 5.75 Å². The maximum absolute atomic E-state index is 9.60. The number of phenols is 1. The molecule has 0 fully saturated rings. The van der Waals surface area contributed by atoms with Crippen LogP contribution in [-0.4, -0.2) is 5.11 Å². The lowest BCUT2D eigenvalue weighted by atomic mass is 10.0. The lowest BCUT2D eigenvalue weighted by Gasteiger charge is -2.05. The lowest BCUT2D eigenvalue weighted by Crippen LogP contribution is -1.89. The van der Waals surface area contributed by atoms with Crippen molar-refractivity contribution in [3.8, 4) is 5.75 Å². The summed E-state index contributed by atoms with van der Waals surface area (Å²) in [5.74, 6) is 0.422. The van der Waals surface area contributed by atoms with Crippen LogP contribution in [0, 0.1) is 0 Å². The molecule has 0 aromatic heterocycles. The number of hydrogen-bond donors (Lipinski definition) is 1. The van der Waals surface area contributed by atoms with Crippen molar-refractivity contribution in [2.24, 2.45) is 0 Å². The largest absolute Gasteiger partial charge is 0.508 e. The van der Waals surface area contributed by atoms with Crippen molar-refractivity contribution in [1.29, 1.82) is 0 Å². The van der Waals surface area contributed by atoms with Gasteiger partial charge in [-0.2, -0.15) is 0 Å². The minimum Gasteiger partial charge on any atom is -0.508 e. The topological polar surface area (TPSA) is 20.2 Å². The molecule has 0 unspecified atom stereocenters. The Balaban J connectivity index is 2.78. The van der Waals surface area contributed by atoms with Gasteiger partial charge in [0.15, 0.2) is 0 Å². The number of unbranched alkanes of at least 4 members (excludes halogenated alkanes) is 1. The van der Waals surface area contributed by atoms with Gasteiger partial charge in [-0.25, -0.2) is 0 Å². The molecule has 0 heterocycles. The smallest absolute Gasteiger partial charge is 0.118 e. The number of aryl methyl sites for hydroxylation is 1. The average molecular weight is 190 g/mol. The van der Waals surface area contributed by atoms with Crippen LogP contribution in [-0.2, 0) is 12.8 Å². The minimum atomic E-state index is 0.422. The monoisotopic (exact) mass is 190 g/mol. The third-order valence-electron chi connectivity index (χ3n) is 2.32. The van der Waals surface area contributed by atoms with E-state index in [1.54, 1.807) is 6.07 Å². The van der Waals surface area contributed by atoms with Crippen LogP contribution in [0.25, 0.3) is 0 Å². The zero-order valence-corrected chi connectivity index (χ0v) is 8.79. The Hall–Kier alpha value is -1.24. The highest BCUT2D eigenvalue weighted by Gasteiger charge is 2.01. The predicted molar refractivity (Wildman–Crippen MR) is 60.6 cm³/mol. The quantitative estimate of drug-likeness (QED) is 0.705. The molecule has 0 spiro atoms. The molecule has 1 nitrogen and oxygen atoms in total. The van der Waals surface area contributed by atoms with Crippen molar-refractivity contribution >= 4 is 0 Å². The van der Waals surface area contributed by atoms with Gasteiger partial charge in [0.05, 0.1) is 0 Å². The molecule has 0 saturated heterocycles. The summed E-state index contributed by atoms with van der Waals surface area (Å²) in [6.07, 6.45) is 6.01. The molecule has 76 valence electrons. The van der Waals surface area contributed by atoms with Gasteiger partial charge in [-0.05, 0) is 36.5 Å². The maximum atomic E-state index is 9.60. The molecule has 1 heteroatoms. The summed E-state index contributed by atoms with van der Waals surface area (Å²) >= 11 is 0. The summed E-state index contributed by atoms with van der Waals surface area (Å²) in [6, 6.07) is 5.81. The van der Waals surface area contributed by atoms with E-state index in [0.717, 1.165) is 31.2 Å². The first-order chi connectivity index (χ1) is 6.77. The second-order valence-corrected chi connectivity index (χ2v) is 3.56. The van der Waals surface area contributed by atoms with Crippen LogP contribution in [0.1, 0.15) is 30.9 Å². The normalized spacial score (nSPS) is 10.1. The lowest BCUT2D eigenvalue weighted by molar-refractivity contribution is 0.466. The molecule has 14 heavy (non-hydrogen) atoms. The number of rotatable bonds is 5. The number of benzene rings is 1. The number of aromatic hydroxyl groups is 1. The molecule has 0 bridgehead atoms. The Labute approximate surface area is 86.1 Å². The van der Waals surface area contributed by atoms with Crippen molar-refractivity contribution < 1.29 is 5.11 Å². The second kappa shape index (κ2) is 5.48. The van der Waals surface area contributed by atoms with Crippen LogP contribution in [0.5, 0.6) is 5.75 Å². The number of hydrogen-bond acceptors (Lipinski definition) is 1. The Kier molecular flexibility index (Phi) is 4.24. The van der Waals surface area contributed by atoms with E-state index >= 15 is 0 Å². The first-order valence-electron chi connectivity index (χ1n) is 5.19. The van der Waals surface area contributed by atoms with Gasteiger partial charge >= 0.3 is 0 Å². The van der Waals surface area contributed by atoms with Crippen LogP contribution >= 0.6 is 0 Å². The van der Waals surface area contributed by atoms with Crippen LogP contribution in [0.3, 0.4) is 0 Å². The molecule has 0 aliphatic heterocycles. The standard InChI is InChI=1S/C13H18O/c1-3-5-7-12-10-11(6-4-2)8-9-13(12)14/h4,8-10,14H,2-3,5-7H2,1H3. The highest BCUT2D eigenvalue weighted by Crippen LogP contribution is 2.20. The highest BCUT2D eigenvalue weighted by molar-refractivity contribution is 5.36. The molecule has 1 aromatic rings. The van der Waals surface area contributed by atoms with Crippen molar-refractivity contribution in [1.82, 2.24) is 0 Å². The molecule has 0 atom stereocenters. The molecule has 1 aromatic carbocycles. The van der Waals surface area contributed by atoms with E-state index in [-0.39, 0.29) is 0 Å². The van der Waals surface area contributed by atoms with E-state index in [4.69, 9.17) is 0 Å². The van der Waals surface area contributed by atoms with Gasteiger partial charge in [0, 0.05) is 0 Å². The molecule has 1 N–H and O–H groups in total. The first kappa shape index (κ1) is 10.8. The van der Waals surface area contributed by atoms with Gasteiger partial charge < -0.3 is 5.11 Å². The number of phenolic OH excluding ortho intramolecular Hbond substituents is 1. The van der Waals surface area contributed by atoms with E-state index in [0.29, 0.717) is 5.75 Å². The molecule has 1 rings (SSSR count). The maximum Gasteiger partial charge on any atom is 0.118 e. The van der Waals surface area contributed by atoms with Gasteiger partial charge in [0.25, 0.3) is 0 Å². The molecule has 0 radical (unpaired) electrons. The van der Waals surface area contributed by atoms with Gasteiger partial charge in [-0.1, -0.05) is 31.6 Å². The molecule has 0 amide bonds. The third-order valence-corrected chi connectivity index (χ3v) is 2.32. The third kappa shape index (κ3) is 2.91. The Morgan fingerprint density at radius 2 is 2.21 bits per heavy atom. The fourth-order valence-corrected chi connectivity index (χ4v) is 1.50. The Morgan fingerprint density at radius 3 is 2.86 bits per heavy atom. The molecular weight excluding hydrogens is 172 g/mol. The Morgan fingerprint density at radius 1 is 1.43 bits per heavy atom. The van der Waals surface area contributed by atoms with Crippen molar-refractivity contribution in [2.75, 3.05) is 0 Å². The summed E-state index contributed by atoms with van der Waals surface area (Å²) in [6.45, 7) is 5.87. The van der Waals surface area contributed by atoms with E-state index in [2.05, 4.69) is 19.6 Å². The average Bonchev–Trinajstić information content (AvgIpc) is 2.19. The zero-order chi connectivity index (χ0) is 10.4. The molecular formula is C13H18O. The van der Waals surface area contributed by atoms with E-state index in [1.807, 2.05) is 12.1 Å². The summed E-state index contributed by atoms with van der Waals surface area (Å²) in [7, 11) is 0. The summed E-state index contributed by atoms with van der Waals surface area (Å²) in [5, 5.41) is 9.60. The highest BCUT2D eigenvalue weighted by atomic mass is 16.3. The fourth-order valence-electron chi connectivity index (χ4n) is 1.50. The van der Waals surface area contributed by atoms with Crippen molar-refractivity contribution in [3.63, 3.8) is 0 Å². The summed E-state index contributed by atoms with van der Waals surface area (Å²) in [5.41, 5.74) is 2.29. The van der Waals surface area contributed by atoms with Gasteiger partial charge in [-0.15, -0.1) is 6.58 Å². The minimum absolute atomic E-state index is 0.422. The molecule has 0 aliphatic carbocycles. The predicted octanol–water partition coefficient (Wildman–Crippen LogP) is 3.46. The molecule has 0 saturated carbocycles. The number of allylic oxidation sites excluding steroid dienone is 1. The molecule has 0 aliphatic rings. The Bertz CT molecular complexity index is 302. The van der Waals surface area contributed by atoms with Gasteiger partial charge in [-0.3, -0.25) is 0 Å². The fraction of sp³-hybridized carbons (Fsp3) is 0.385. The van der Waals surface area contributed by atoms with Crippen LogP contribution in [0.4, 0.5) is 0 Å². The van der Waals surface area contributed by atoms with Crippen LogP contribution < -0.4 is 0 Å². The summed E-state index contributed by atoms with van der Waals surface area (Å²) < 4.78 is 0. The van der Waals surface area contributed by atoms with Crippen LogP contribution in [0.2, 0.25) is 0 Å². The van der Waals surface area contributed by atoms with Crippen molar-refractivity contribution in [2.45, 2.75) is 32.6 Å². The van der Waals surface area contributed by atoms with E-state index < -0.39 is 0 Å². The van der Waals surface area contributed by atoms with Gasteiger partial charge in [0.2, 0.25) is 0 Å². The first-order valence-corrected chi connectivity index (χ1v) is 5.19. The van der Waals surface area contributed by atoms with E-state index in [1.165, 1.54) is 5.56 Å². The van der Waals surface area contributed by atoms with Crippen LogP contribution in [0.15, 0.2) is 30.9 Å². The van der Waals surface area contributed by atoms with Crippen molar-refractivity contribution in [3.05, 3.63) is 42.0 Å². The SMILES string of the molecule is C=CCc1ccc(O)c(CCCC)c1. The second-order valence-electron chi connectivity index (χ2n) is 3.56. The van der Waals surface area contributed by atoms with E-state index in [9.17, 15) is 5.11 Å².